The van der Waals surface area contributed by atoms with Gasteiger partial charge in [-0.1, -0.05) is 19.1 Å². The van der Waals surface area contributed by atoms with Crippen LogP contribution in [0.15, 0.2) is 41.2 Å². The molecule has 10 heteroatoms. The molecule has 0 aliphatic carbocycles. The second-order valence-electron chi connectivity index (χ2n) is 8.13. The molecule has 182 valence electrons. The van der Waals surface area contributed by atoms with E-state index in [1.54, 1.807) is 14.0 Å². The SMILES string of the molecule is CCOC(=O)c1[nH]nc(-c2ccc(OCc3c(CC)cccc3-n3nnn(C)c3=O)c(C)c2)c1C. The normalized spacial score (nSPS) is 11.0. The fraction of sp³-hybridized carbons (Fsp3) is 0.320. The van der Waals surface area contributed by atoms with Crippen molar-refractivity contribution in [2.75, 3.05) is 6.61 Å². The van der Waals surface area contributed by atoms with E-state index in [1.807, 2.05) is 50.2 Å². The molecule has 2 aromatic heterocycles. The monoisotopic (exact) mass is 476 g/mol. The van der Waals surface area contributed by atoms with Crippen LogP contribution in [0.1, 0.15) is 46.6 Å². The second-order valence-corrected chi connectivity index (χ2v) is 8.13. The Bertz CT molecular complexity index is 1430. The predicted octanol–water partition coefficient (Wildman–Crippen LogP) is 3.29. The number of aromatic amines is 1. The van der Waals surface area contributed by atoms with Crippen LogP contribution in [0.2, 0.25) is 0 Å². The molecule has 10 nitrogen and oxygen atoms in total. The first-order chi connectivity index (χ1) is 16.8. The number of benzene rings is 2. The number of rotatable bonds is 8. The molecule has 2 heterocycles. The zero-order valence-corrected chi connectivity index (χ0v) is 20.5. The summed E-state index contributed by atoms with van der Waals surface area (Å²) in [5.41, 5.74) is 5.80. The third-order valence-corrected chi connectivity index (χ3v) is 5.89. The van der Waals surface area contributed by atoms with Crippen molar-refractivity contribution in [1.82, 2.24) is 30.0 Å². The number of ether oxygens (including phenoxy) is 2. The van der Waals surface area contributed by atoms with Crippen molar-refractivity contribution in [3.8, 4) is 22.7 Å². The van der Waals surface area contributed by atoms with Crippen LogP contribution in [0.5, 0.6) is 5.75 Å². The predicted molar refractivity (Wildman–Crippen MR) is 130 cm³/mol. The van der Waals surface area contributed by atoms with Gasteiger partial charge in [0.15, 0.2) is 0 Å². The summed E-state index contributed by atoms with van der Waals surface area (Å²) < 4.78 is 13.8. The van der Waals surface area contributed by atoms with Gasteiger partial charge in [-0.2, -0.15) is 14.5 Å². The standard InChI is InChI=1S/C25H28N6O4/c1-6-17-9-8-10-20(31-25(33)30(5)28-29-31)19(17)14-35-21-12-11-18(13-15(21)3)22-16(4)23(27-26-22)24(32)34-7-2/h8-13H,6-7,14H2,1-5H3,(H,26,27). The highest BCUT2D eigenvalue weighted by Gasteiger charge is 2.19. The molecule has 4 aromatic rings. The Kier molecular flexibility index (Phi) is 6.81. The number of H-pyrrole nitrogens is 1. The van der Waals surface area contributed by atoms with Crippen LogP contribution >= 0.6 is 0 Å². The lowest BCUT2D eigenvalue weighted by Gasteiger charge is -2.15. The summed E-state index contributed by atoms with van der Waals surface area (Å²) in [6.45, 7) is 8.16. The van der Waals surface area contributed by atoms with Gasteiger partial charge in [0.2, 0.25) is 0 Å². The maximum Gasteiger partial charge on any atom is 0.368 e. The zero-order chi connectivity index (χ0) is 25.1. The van der Waals surface area contributed by atoms with E-state index in [9.17, 15) is 9.59 Å². The van der Waals surface area contributed by atoms with Gasteiger partial charge in [0, 0.05) is 23.7 Å². The van der Waals surface area contributed by atoms with Gasteiger partial charge >= 0.3 is 11.7 Å². The summed E-state index contributed by atoms with van der Waals surface area (Å²) in [6, 6.07) is 11.5. The number of carbonyl (C=O) groups is 1. The van der Waals surface area contributed by atoms with Crippen molar-refractivity contribution in [3.05, 3.63) is 74.8 Å². The van der Waals surface area contributed by atoms with Crippen molar-refractivity contribution in [2.24, 2.45) is 7.05 Å². The third-order valence-electron chi connectivity index (χ3n) is 5.89. The number of hydrogen-bond donors (Lipinski definition) is 1. The summed E-state index contributed by atoms with van der Waals surface area (Å²) in [5, 5.41) is 14.9. The van der Waals surface area contributed by atoms with Gasteiger partial charge < -0.3 is 9.47 Å². The van der Waals surface area contributed by atoms with Crippen molar-refractivity contribution in [1.29, 1.82) is 0 Å². The minimum absolute atomic E-state index is 0.261. The Labute approximate surface area is 202 Å². The van der Waals surface area contributed by atoms with Gasteiger partial charge in [0.25, 0.3) is 0 Å². The number of aryl methyl sites for hydroxylation is 3. The molecule has 0 aliphatic heterocycles. The highest BCUT2D eigenvalue weighted by Crippen LogP contribution is 2.29. The molecule has 35 heavy (non-hydrogen) atoms. The topological polar surface area (TPSA) is 117 Å². The van der Waals surface area contributed by atoms with Crippen LogP contribution in [0.25, 0.3) is 16.9 Å². The van der Waals surface area contributed by atoms with Gasteiger partial charge in [-0.15, -0.1) is 0 Å². The lowest BCUT2D eigenvalue weighted by Crippen LogP contribution is -2.23. The fourth-order valence-electron chi connectivity index (χ4n) is 3.97. The molecule has 0 spiro atoms. The second kappa shape index (κ2) is 9.96. The summed E-state index contributed by atoms with van der Waals surface area (Å²) in [7, 11) is 1.56. The van der Waals surface area contributed by atoms with Gasteiger partial charge in [-0.05, 0) is 73.0 Å². The average Bonchev–Trinajstić information content (AvgIpc) is 3.40. The summed E-state index contributed by atoms with van der Waals surface area (Å²) in [4.78, 5) is 24.6. The van der Waals surface area contributed by atoms with Gasteiger partial charge in [-0.25, -0.2) is 9.59 Å². The van der Waals surface area contributed by atoms with Crippen LogP contribution < -0.4 is 10.4 Å². The van der Waals surface area contributed by atoms with Crippen LogP contribution in [0, 0.1) is 13.8 Å². The minimum atomic E-state index is -0.423. The van der Waals surface area contributed by atoms with Gasteiger partial charge in [-0.3, -0.25) is 5.10 Å². The van der Waals surface area contributed by atoms with Gasteiger partial charge in [0.1, 0.15) is 18.1 Å². The lowest BCUT2D eigenvalue weighted by atomic mass is 10.0. The Morgan fingerprint density at radius 1 is 1.11 bits per heavy atom. The molecule has 2 aromatic carbocycles. The van der Waals surface area contributed by atoms with Crippen molar-refractivity contribution in [2.45, 2.75) is 40.7 Å². The van der Waals surface area contributed by atoms with Crippen molar-refractivity contribution in [3.63, 3.8) is 0 Å². The van der Waals surface area contributed by atoms with E-state index < -0.39 is 5.97 Å². The first-order valence-electron chi connectivity index (χ1n) is 11.4. The Morgan fingerprint density at radius 3 is 2.57 bits per heavy atom. The molecule has 4 rings (SSSR count). The number of carbonyl (C=O) groups excluding carboxylic acids is 1. The van der Waals surface area contributed by atoms with E-state index in [0.29, 0.717) is 29.4 Å². The summed E-state index contributed by atoms with van der Waals surface area (Å²) in [5.74, 6) is 0.281. The maximum absolute atomic E-state index is 12.5. The molecule has 0 fully saturated rings. The number of aromatic nitrogens is 6. The number of nitrogens with one attached hydrogen (secondary N) is 1. The molecule has 0 atom stereocenters. The Morgan fingerprint density at radius 2 is 1.91 bits per heavy atom. The van der Waals surface area contributed by atoms with E-state index in [2.05, 4.69) is 27.5 Å². The van der Waals surface area contributed by atoms with E-state index in [0.717, 1.165) is 34.2 Å². The zero-order valence-electron chi connectivity index (χ0n) is 20.5. The molecule has 0 bridgehead atoms. The average molecular weight is 477 g/mol. The molecule has 0 saturated heterocycles. The molecule has 0 saturated carbocycles. The van der Waals surface area contributed by atoms with E-state index in [-0.39, 0.29) is 12.3 Å². The molecule has 0 unspecified atom stereocenters. The van der Waals surface area contributed by atoms with Crippen molar-refractivity contribution >= 4 is 5.97 Å². The van der Waals surface area contributed by atoms with Gasteiger partial charge in [0.05, 0.1) is 18.0 Å². The van der Waals surface area contributed by atoms with Crippen LogP contribution in [0.4, 0.5) is 0 Å². The minimum Gasteiger partial charge on any atom is -0.489 e. The number of hydrogen-bond acceptors (Lipinski definition) is 7. The highest BCUT2D eigenvalue weighted by atomic mass is 16.5. The maximum atomic E-state index is 12.5. The Hall–Kier alpha value is -4.21. The van der Waals surface area contributed by atoms with E-state index >= 15 is 0 Å². The molecular weight excluding hydrogens is 448 g/mol. The number of esters is 1. The van der Waals surface area contributed by atoms with Crippen LogP contribution in [-0.4, -0.2) is 42.6 Å². The van der Waals surface area contributed by atoms with E-state index in [4.69, 9.17) is 9.47 Å². The largest absolute Gasteiger partial charge is 0.489 e. The first kappa shape index (κ1) is 23.9. The summed E-state index contributed by atoms with van der Waals surface area (Å²) in [6.07, 6.45) is 0.778. The van der Waals surface area contributed by atoms with Crippen molar-refractivity contribution < 1.29 is 14.3 Å². The van der Waals surface area contributed by atoms with Crippen LogP contribution in [-0.2, 0) is 24.8 Å². The highest BCUT2D eigenvalue weighted by molar-refractivity contribution is 5.91. The first-order valence-corrected chi connectivity index (χ1v) is 11.4. The number of nitrogens with zero attached hydrogens (tertiary/aromatic N) is 5. The smallest absolute Gasteiger partial charge is 0.368 e. The van der Waals surface area contributed by atoms with E-state index in [1.165, 1.54) is 9.36 Å². The molecular formula is C25H28N6O4. The molecule has 1 N–H and O–H groups in total. The fourth-order valence-corrected chi connectivity index (χ4v) is 3.97. The molecule has 0 radical (unpaired) electrons. The third kappa shape index (κ3) is 4.59. The molecule has 0 aliphatic rings. The quantitative estimate of drug-likeness (QED) is 0.388. The molecule has 0 amide bonds. The Balaban J connectivity index is 1.60. The summed E-state index contributed by atoms with van der Waals surface area (Å²) >= 11 is 0. The lowest BCUT2D eigenvalue weighted by molar-refractivity contribution is 0.0518. The van der Waals surface area contributed by atoms with Crippen LogP contribution in [0.3, 0.4) is 0 Å². The number of tetrazole rings is 1.